The molecule has 0 saturated carbocycles. The smallest absolute Gasteiger partial charge is 0.170 e. The molecule has 0 aliphatic carbocycles. The standard InChI is InChI=1S/C23H26N4OS/c1-4-28-18-12-10-17(11-13-18)26-15-7-9-20(26)22-21(19-8-5-6-14-24-19)25-23(29)27(22)16(2)3/h5-16,21-22H,4H2,1-3H3,(H,25,29). The van der Waals surface area contributed by atoms with E-state index in [1.807, 2.05) is 37.4 Å². The number of benzene rings is 1. The summed E-state index contributed by atoms with van der Waals surface area (Å²) in [5.74, 6) is 0.879. The van der Waals surface area contributed by atoms with Crippen LogP contribution in [0.2, 0.25) is 0 Å². The molecule has 1 aliphatic heterocycles. The van der Waals surface area contributed by atoms with Crippen molar-refractivity contribution in [3.63, 3.8) is 0 Å². The third-order valence-electron chi connectivity index (χ3n) is 5.20. The molecule has 150 valence electrons. The maximum absolute atomic E-state index is 5.71. The maximum Gasteiger partial charge on any atom is 0.170 e. The van der Waals surface area contributed by atoms with Crippen LogP contribution in [0.1, 0.15) is 44.2 Å². The Hall–Kier alpha value is -2.86. The van der Waals surface area contributed by atoms with Crippen molar-refractivity contribution < 1.29 is 4.74 Å². The van der Waals surface area contributed by atoms with Crippen molar-refractivity contribution in [1.29, 1.82) is 0 Å². The van der Waals surface area contributed by atoms with Gasteiger partial charge < -0.3 is 19.5 Å². The molecule has 3 aromatic rings. The number of aromatic nitrogens is 2. The lowest BCUT2D eigenvalue weighted by Crippen LogP contribution is -2.36. The molecule has 1 aliphatic rings. The largest absolute Gasteiger partial charge is 0.494 e. The highest BCUT2D eigenvalue weighted by Crippen LogP contribution is 2.40. The van der Waals surface area contributed by atoms with E-state index in [2.05, 4.69) is 70.1 Å². The van der Waals surface area contributed by atoms with Gasteiger partial charge in [-0.3, -0.25) is 4.98 Å². The Kier molecular flexibility index (Phi) is 5.53. The molecule has 6 heteroatoms. The van der Waals surface area contributed by atoms with Gasteiger partial charge in [0.05, 0.1) is 24.4 Å². The second-order valence-electron chi connectivity index (χ2n) is 7.36. The number of thiocarbonyl (C=S) groups is 1. The molecule has 1 N–H and O–H groups in total. The molecule has 29 heavy (non-hydrogen) atoms. The zero-order chi connectivity index (χ0) is 20.4. The second kappa shape index (κ2) is 8.25. The lowest BCUT2D eigenvalue weighted by molar-refractivity contribution is 0.262. The van der Waals surface area contributed by atoms with Crippen LogP contribution in [0.25, 0.3) is 5.69 Å². The topological polar surface area (TPSA) is 42.3 Å². The fourth-order valence-electron chi connectivity index (χ4n) is 3.98. The van der Waals surface area contributed by atoms with Gasteiger partial charge >= 0.3 is 0 Å². The summed E-state index contributed by atoms with van der Waals surface area (Å²) in [4.78, 5) is 6.88. The van der Waals surface area contributed by atoms with Crippen LogP contribution >= 0.6 is 12.2 Å². The number of nitrogens with zero attached hydrogens (tertiary/aromatic N) is 3. The van der Waals surface area contributed by atoms with Crippen LogP contribution in [0, 0.1) is 0 Å². The molecule has 1 fully saturated rings. The lowest BCUT2D eigenvalue weighted by atomic mass is 10.0. The van der Waals surface area contributed by atoms with Gasteiger partial charge in [0.25, 0.3) is 0 Å². The summed E-state index contributed by atoms with van der Waals surface area (Å²) in [6.07, 6.45) is 3.93. The van der Waals surface area contributed by atoms with Gasteiger partial charge in [0.15, 0.2) is 5.11 Å². The molecule has 3 heterocycles. The van der Waals surface area contributed by atoms with Crippen molar-refractivity contribution in [2.45, 2.75) is 38.9 Å². The summed E-state index contributed by atoms with van der Waals surface area (Å²) in [6, 6.07) is 18.8. The van der Waals surface area contributed by atoms with Crippen LogP contribution in [0.4, 0.5) is 0 Å². The molecule has 0 amide bonds. The Balaban J connectivity index is 1.77. The molecule has 5 nitrogen and oxygen atoms in total. The van der Waals surface area contributed by atoms with E-state index in [9.17, 15) is 0 Å². The molecule has 2 atom stereocenters. The average Bonchev–Trinajstić information content (AvgIpc) is 3.33. The predicted molar refractivity (Wildman–Crippen MR) is 119 cm³/mol. The van der Waals surface area contributed by atoms with Gasteiger partial charge in [-0.2, -0.15) is 0 Å². The predicted octanol–water partition coefficient (Wildman–Crippen LogP) is 4.65. The van der Waals surface area contributed by atoms with Gasteiger partial charge in [-0.1, -0.05) is 6.07 Å². The average molecular weight is 407 g/mol. The molecule has 2 unspecified atom stereocenters. The first kappa shape index (κ1) is 19.5. The Morgan fingerprint density at radius 2 is 1.90 bits per heavy atom. The number of rotatable bonds is 6. The van der Waals surface area contributed by atoms with Crippen LogP contribution in [-0.4, -0.2) is 32.2 Å². The van der Waals surface area contributed by atoms with Crippen LogP contribution < -0.4 is 10.1 Å². The Bertz CT molecular complexity index is 968. The summed E-state index contributed by atoms with van der Waals surface area (Å²) in [5, 5.41) is 4.27. The van der Waals surface area contributed by atoms with Gasteiger partial charge in [0.2, 0.25) is 0 Å². The van der Waals surface area contributed by atoms with Gasteiger partial charge in [-0.25, -0.2) is 0 Å². The van der Waals surface area contributed by atoms with Gasteiger partial charge in [-0.15, -0.1) is 0 Å². The number of hydrogen-bond acceptors (Lipinski definition) is 3. The molecular formula is C23H26N4OS. The van der Waals surface area contributed by atoms with E-state index in [1.54, 1.807) is 0 Å². The van der Waals surface area contributed by atoms with E-state index in [0.29, 0.717) is 6.61 Å². The monoisotopic (exact) mass is 406 g/mol. The van der Waals surface area contributed by atoms with Crippen LogP contribution in [-0.2, 0) is 0 Å². The minimum atomic E-state index is -0.0116. The number of ether oxygens (including phenoxy) is 1. The Labute approximate surface area is 177 Å². The SMILES string of the molecule is CCOc1ccc(-n2cccc2C2C(c3ccccn3)NC(=S)N2C(C)C)cc1. The van der Waals surface area contributed by atoms with Crippen molar-refractivity contribution in [2.24, 2.45) is 0 Å². The third-order valence-corrected chi connectivity index (χ3v) is 5.53. The minimum Gasteiger partial charge on any atom is -0.494 e. The summed E-state index contributed by atoms with van der Waals surface area (Å²) < 4.78 is 7.82. The highest BCUT2D eigenvalue weighted by Gasteiger charge is 2.42. The van der Waals surface area contributed by atoms with E-state index in [-0.39, 0.29) is 18.1 Å². The van der Waals surface area contributed by atoms with Crippen molar-refractivity contribution in [3.05, 3.63) is 78.4 Å². The van der Waals surface area contributed by atoms with E-state index in [4.69, 9.17) is 17.0 Å². The van der Waals surface area contributed by atoms with Crippen molar-refractivity contribution in [1.82, 2.24) is 19.8 Å². The number of hydrogen-bond donors (Lipinski definition) is 1. The number of pyridine rings is 1. The molecule has 0 bridgehead atoms. The van der Waals surface area contributed by atoms with Crippen molar-refractivity contribution >= 4 is 17.3 Å². The summed E-state index contributed by atoms with van der Waals surface area (Å²) in [7, 11) is 0. The molecule has 4 rings (SSSR count). The first-order valence-electron chi connectivity index (χ1n) is 10.0. The first-order valence-corrected chi connectivity index (χ1v) is 10.4. The number of nitrogens with one attached hydrogen (secondary N) is 1. The summed E-state index contributed by atoms with van der Waals surface area (Å²) >= 11 is 5.71. The normalized spacial score (nSPS) is 18.9. The van der Waals surface area contributed by atoms with Gasteiger partial charge in [0.1, 0.15) is 5.75 Å². The summed E-state index contributed by atoms with van der Waals surface area (Å²) in [5.41, 5.74) is 3.25. The highest BCUT2D eigenvalue weighted by molar-refractivity contribution is 7.80. The molecule has 1 saturated heterocycles. The zero-order valence-electron chi connectivity index (χ0n) is 16.9. The van der Waals surface area contributed by atoms with Crippen LogP contribution in [0.5, 0.6) is 5.75 Å². The van der Waals surface area contributed by atoms with E-state index in [0.717, 1.165) is 22.2 Å². The second-order valence-corrected chi connectivity index (χ2v) is 7.74. The highest BCUT2D eigenvalue weighted by atomic mass is 32.1. The van der Waals surface area contributed by atoms with Crippen molar-refractivity contribution in [3.8, 4) is 11.4 Å². The third kappa shape index (κ3) is 3.72. The van der Waals surface area contributed by atoms with Crippen molar-refractivity contribution in [2.75, 3.05) is 6.61 Å². The molecular weight excluding hydrogens is 380 g/mol. The maximum atomic E-state index is 5.71. The quantitative estimate of drug-likeness (QED) is 0.604. The molecule has 1 aromatic carbocycles. The Morgan fingerprint density at radius 3 is 2.55 bits per heavy atom. The fourth-order valence-corrected chi connectivity index (χ4v) is 4.43. The minimum absolute atomic E-state index is 0.0116. The van der Waals surface area contributed by atoms with E-state index in [1.165, 1.54) is 5.69 Å². The first-order chi connectivity index (χ1) is 14.1. The van der Waals surface area contributed by atoms with Gasteiger partial charge in [0, 0.05) is 29.8 Å². The zero-order valence-corrected chi connectivity index (χ0v) is 17.8. The molecule has 0 spiro atoms. The molecule has 2 aromatic heterocycles. The molecule has 0 radical (unpaired) electrons. The summed E-state index contributed by atoms with van der Waals surface area (Å²) in [6.45, 7) is 7.00. The van der Waals surface area contributed by atoms with E-state index >= 15 is 0 Å². The Morgan fingerprint density at radius 1 is 1.10 bits per heavy atom. The van der Waals surface area contributed by atoms with E-state index < -0.39 is 0 Å². The lowest BCUT2D eigenvalue weighted by Gasteiger charge is -2.31. The fraction of sp³-hybridized carbons (Fsp3) is 0.304. The van der Waals surface area contributed by atoms with Gasteiger partial charge in [-0.05, 0) is 81.5 Å². The van der Waals surface area contributed by atoms with Crippen LogP contribution in [0.15, 0.2) is 67.0 Å². The van der Waals surface area contributed by atoms with Crippen LogP contribution in [0.3, 0.4) is 0 Å².